The van der Waals surface area contributed by atoms with E-state index < -0.39 is 5.60 Å². The van der Waals surface area contributed by atoms with Gasteiger partial charge in [-0.15, -0.1) is 0 Å². The molecule has 0 spiro atoms. The Morgan fingerprint density at radius 2 is 2.00 bits per heavy atom. The number of rotatable bonds is 11. The van der Waals surface area contributed by atoms with Gasteiger partial charge in [0.25, 0.3) is 0 Å². The number of halogens is 1. The highest BCUT2D eigenvalue weighted by Crippen LogP contribution is 2.29. The monoisotopic (exact) mass is 474 g/mol. The summed E-state index contributed by atoms with van der Waals surface area (Å²) in [7, 11) is 0. The molecule has 0 amide bonds. The highest BCUT2D eigenvalue weighted by Gasteiger charge is 2.36. The Bertz CT molecular complexity index is 910. The van der Waals surface area contributed by atoms with Crippen LogP contribution in [0.1, 0.15) is 18.9 Å². The molecule has 1 aromatic heterocycles. The summed E-state index contributed by atoms with van der Waals surface area (Å²) in [5.41, 5.74) is 0.198. The lowest BCUT2D eigenvalue weighted by molar-refractivity contribution is 0.0320. The molecule has 0 unspecified atom stereocenters. The maximum absolute atomic E-state index is 13.1. The average Bonchev–Trinajstić information content (AvgIpc) is 3.24. The molecule has 9 heteroatoms. The van der Waals surface area contributed by atoms with Crippen LogP contribution in [0.4, 0.5) is 10.2 Å². The van der Waals surface area contributed by atoms with Crippen molar-refractivity contribution in [3.8, 4) is 11.5 Å². The van der Waals surface area contributed by atoms with Crippen molar-refractivity contribution in [1.29, 1.82) is 0 Å². The van der Waals surface area contributed by atoms with Gasteiger partial charge in [0.1, 0.15) is 18.2 Å². The van der Waals surface area contributed by atoms with Crippen molar-refractivity contribution in [1.82, 2.24) is 15.2 Å². The molecule has 2 N–H and O–H groups in total. The third-order valence-electron chi connectivity index (χ3n) is 6.23. The smallest absolute Gasteiger partial charge is 0.161 e. The van der Waals surface area contributed by atoms with E-state index in [0.29, 0.717) is 51.6 Å². The Morgan fingerprint density at radius 1 is 1.15 bits per heavy atom. The third kappa shape index (κ3) is 6.79. The van der Waals surface area contributed by atoms with Crippen LogP contribution in [0.15, 0.2) is 36.5 Å². The predicted molar refractivity (Wildman–Crippen MR) is 128 cm³/mol. The second-order valence-corrected chi connectivity index (χ2v) is 8.85. The Hall–Kier alpha value is -2.46. The normalized spacial score (nSPS) is 21.1. The average molecular weight is 475 g/mol. The topological polar surface area (TPSA) is 79.3 Å². The summed E-state index contributed by atoms with van der Waals surface area (Å²) in [6.07, 6.45) is 1.83. The molecule has 1 atom stereocenters. The summed E-state index contributed by atoms with van der Waals surface area (Å²) in [6.45, 7) is 9.62. The van der Waals surface area contributed by atoms with Gasteiger partial charge in [0.15, 0.2) is 11.5 Å². The van der Waals surface area contributed by atoms with E-state index in [1.165, 1.54) is 12.3 Å². The zero-order valence-electron chi connectivity index (χ0n) is 19.8. The van der Waals surface area contributed by atoms with Crippen LogP contribution in [0.3, 0.4) is 0 Å². The molecule has 0 aliphatic carbocycles. The van der Waals surface area contributed by atoms with Gasteiger partial charge in [0, 0.05) is 45.8 Å². The van der Waals surface area contributed by atoms with Crippen LogP contribution < -0.4 is 19.7 Å². The lowest BCUT2D eigenvalue weighted by Gasteiger charge is -2.26. The molecule has 2 aromatic rings. The van der Waals surface area contributed by atoms with Crippen LogP contribution >= 0.6 is 0 Å². The van der Waals surface area contributed by atoms with Gasteiger partial charge < -0.3 is 29.5 Å². The molecule has 0 saturated carbocycles. The van der Waals surface area contributed by atoms with E-state index in [1.807, 2.05) is 30.0 Å². The first-order valence-corrected chi connectivity index (χ1v) is 12.0. The first kappa shape index (κ1) is 24.7. The summed E-state index contributed by atoms with van der Waals surface area (Å²) < 4.78 is 30.3. The van der Waals surface area contributed by atoms with Crippen molar-refractivity contribution in [2.45, 2.75) is 25.5 Å². The molecule has 1 aromatic carbocycles. The molecule has 0 radical (unpaired) electrons. The van der Waals surface area contributed by atoms with Gasteiger partial charge in [-0.3, -0.25) is 4.90 Å². The minimum absolute atomic E-state index is 0.361. The van der Waals surface area contributed by atoms with Crippen LogP contribution in [0, 0.1) is 5.82 Å². The number of hydrogen-bond donors (Lipinski definition) is 2. The van der Waals surface area contributed by atoms with Crippen LogP contribution in [0.2, 0.25) is 0 Å². The van der Waals surface area contributed by atoms with Gasteiger partial charge >= 0.3 is 0 Å². The Labute approximate surface area is 200 Å². The van der Waals surface area contributed by atoms with E-state index in [4.69, 9.17) is 14.2 Å². The minimum atomic E-state index is -0.860. The van der Waals surface area contributed by atoms with Crippen molar-refractivity contribution in [2.75, 3.05) is 70.6 Å². The van der Waals surface area contributed by atoms with E-state index in [0.717, 1.165) is 49.9 Å². The van der Waals surface area contributed by atoms with Crippen molar-refractivity contribution in [3.63, 3.8) is 0 Å². The van der Waals surface area contributed by atoms with E-state index in [2.05, 4.69) is 15.2 Å². The molecule has 4 rings (SSSR count). The molecule has 8 nitrogen and oxygen atoms in total. The summed E-state index contributed by atoms with van der Waals surface area (Å²) in [4.78, 5) is 8.44. The zero-order valence-corrected chi connectivity index (χ0v) is 19.8. The van der Waals surface area contributed by atoms with Crippen molar-refractivity contribution >= 4 is 5.82 Å². The fourth-order valence-corrected chi connectivity index (χ4v) is 4.35. The summed E-state index contributed by atoms with van der Waals surface area (Å²) in [5, 5.41) is 14.3. The quantitative estimate of drug-likeness (QED) is 0.513. The number of aromatic nitrogens is 1. The Kier molecular flexibility index (Phi) is 8.55. The number of benzene rings is 1. The van der Waals surface area contributed by atoms with Gasteiger partial charge in [-0.2, -0.15) is 0 Å². The lowest BCUT2D eigenvalue weighted by atomic mass is 10.0. The SMILES string of the molecule is CCOc1cc(CNC[C@]2(O)CCN(c3ccc(F)cn3)C2)ccc1OCCN1CCOCC1. The largest absolute Gasteiger partial charge is 0.490 e. The van der Waals surface area contributed by atoms with E-state index >= 15 is 0 Å². The standard InChI is InChI=1S/C25H35FN4O4/c1-2-33-23-15-20(3-5-22(23)34-14-11-29-9-12-32-13-10-29)16-27-18-25(31)7-8-30(19-25)24-6-4-21(26)17-28-24/h3-6,15,17,27,31H,2,7-14,16,18-19H2,1H3/t25-/m1/s1. The van der Waals surface area contributed by atoms with Crippen LogP contribution in [0.5, 0.6) is 11.5 Å². The number of aliphatic hydroxyl groups is 1. The molecule has 2 saturated heterocycles. The van der Waals surface area contributed by atoms with E-state index in [1.54, 1.807) is 6.07 Å². The summed E-state index contributed by atoms with van der Waals surface area (Å²) in [5.74, 6) is 1.80. The zero-order chi connectivity index (χ0) is 23.8. The Balaban J connectivity index is 1.26. The van der Waals surface area contributed by atoms with Gasteiger partial charge in [-0.1, -0.05) is 6.07 Å². The molecule has 0 bridgehead atoms. The third-order valence-corrected chi connectivity index (χ3v) is 6.23. The molecule has 3 heterocycles. The number of nitrogens with zero attached hydrogens (tertiary/aromatic N) is 3. The maximum Gasteiger partial charge on any atom is 0.161 e. The maximum atomic E-state index is 13.1. The lowest BCUT2D eigenvalue weighted by Crippen LogP contribution is -2.43. The van der Waals surface area contributed by atoms with Crippen molar-refractivity contribution < 1.29 is 23.7 Å². The molecule has 2 aliphatic heterocycles. The molecule has 2 fully saturated rings. The van der Waals surface area contributed by atoms with E-state index in [-0.39, 0.29) is 5.82 Å². The number of pyridine rings is 1. The van der Waals surface area contributed by atoms with Gasteiger partial charge in [-0.25, -0.2) is 9.37 Å². The highest BCUT2D eigenvalue weighted by atomic mass is 19.1. The number of nitrogens with one attached hydrogen (secondary N) is 1. The van der Waals surface area contributed by atoms with Gasteiger partial charge in [-0.05, 0) is 43.2 Å². The van der Waals surface area contributed by atoms with Gasteiger partial charge in [0.2, 0.25) is 0 Å². The molecular formula is C25H35FN4O4. The molecule has 186 valence electrons. The van der Waals surface area contributed by atoms with Crippen LogP contribution in [0.25, 0.3) is 0 Å². The number of anilines is 1. The van der Waals surface area contributed by atoms with E-state index in [9.17, 15) is 9.50 Å². The summed E-state index contributed by atoms with van der Waals surface area (Å²) >= 11 is 0. The Morgan fingerprint density at radius 3 is 2.76 bits per heavy atom. The highest BCUT2D eigenvalue weighted by molar-refractivity contribution is 5.43. The molecule has 2 aliphatic rings. The van der Waals surface area contributed by atoms with Crippen molar-refractivity contribution in [2.24, 2.45) is 0 Å². The number of β-amino-alcohol motifs (C(OH)–C–C–N with tert-alkyl or cyclic N) is 1. The first-order chi connectivity index (χ1) is 16.5. The second kappa shape index (κ2) is 11.8. The first-order valence-electron chi connectivity index (χ1n) is 12.0. The van der Waals surface area contributed by atoms with Crippen LogP contribution in [-0.4, -0.2) is 86.3 Å². The van der Waals surface area contributed by atoms with Crippen molar-refractivity contribution in [3.05, 3.63) is 47.9 Å². The fourth-order valence-electron chi connectivity index (χ4n) is 4.35. The molecule has 34 heavy (non-hydrogen) atoms. The number of ether oxygens (including phenoxy) is 3. The number of morpholine rings is 1. The van der Waals surface area contributed by atoms with Crippen LogP contribution in [-0.2, 0) is 11.3 Å². The van der Waals surface area contributed by atoms with Gasteiger partial charge in [0.05, 0.1) is 31.6 Å². The molecular weight excluding hydrogens is 439 g/mol. The second-order valence-electron chi connectivity index (χ2n) is 8.85. The number of hydrogen-bond acceptors (Lipinski definition) is 8. The summed E-state index contributed by atoms with van der Waals surface area (Å²) in [6, 6.07) is 9.01. The minimum Gasteiger partial charge on any atom is -0.490 e. The predicted octanol–water partition coefficient (Wildman–Crippen LogP) is 2.06. The fraction of sp³-hybridized carbons (Fsp3) is 0.560.